The lowest BCUT2D eigenvalue weighted by Gasteiger charge is -2.23. The second-order valence-electron chi connectivity index (χ2n) is 6.85. The van der Waals surface area contributed by atoms with Crippen molar-refractivity contribution in [3.63, 3.8) is 0 Å². The summed E-state index contributed by atoms with van der Waals surface area (Å²) in [5.41, 5.74) is 0.330. The molecular weight excluding hydrogens is 338 g/mol. The number of aromatic nitrogens is 1. The van der Waals surface area contributed by atoms with Crippen molar-refractivity contribution >= 4 is 34.0 Å². The Morgan fingerprint density at radius 1 is 1.32 bits per heavy atom. The first-order chi connectivity index (χ1) is 12.0. The van der Waals surface area contributed by atoms with Crippen LogP contribution >= 0.6 is 11.6 Å². The molecule has 2 aromatic rings. The third-order valence-electron chi connectivity index (χ3n) is 4.95. The van der Waals surface area contributed by atoms with Crippen LogP contribution in [0.2, 0.25) is 5.02 Å². The Kier molecular flexibility index (Phi) is 5.76. The first kappa shape index (κ1) is 18.0. The smallest absolute Gasteiger partial charge is 0.255 e. The zero-order valence-electron chi connectivity index (χ0n) is 14.4. The Hall–Kier alpha value is -1.85. The average Bonchev–Trinajstić information content (AvgIpc) is 2.62. The second-order valence-corrected chi connectivity index (χ2v) is 7.26. The summed E-state index contributed by atoms with van der Waals surface area (Å²) in [6.07, 6.45) is 7.98. The minimum absolute atomic E-state index is 0.123. The molecule has 1 aromatic carbocycles. The molecule has 3 rings (SSSR count). The first-order valence-electron chi connectivity index (χ1n) is 8.90. The molecule has 5 nitrogen and oxygen atoms in total. The minimum Gasteiger partial charge on any atom is -0.329 e. The SMILES string of the molecule is CC(NCC1CCCCC1)C(=O)Nc1cc2cc[nH]c(=O)c2cc1Cl. The number of nitrogens with one attached hydrogen (secondary N) is 3. The molecule has 3 N–H and O–H groups in total. The van der Waals surface area contributed by atoms with Crippen LogP contribution in [0.15, 0.2) is 29.2 Å². The van der Waals surface area contributed by atoms with Crippen LogP contribution in [0, 0.1) is 5.92 Å². The van der Waals surface area contributed by atoms with Crippen LogP contribution < -0.4 is 16.2 Å². The van der Waals surface area contributed by atoms with Gasteiger partial charge in [0.05, 0.1) is 16.8 Å². The van der Waals surface area contributed by atoms with Gasteiger partial charge in [0, 0.05) is 11.6 Å². The van der Waals surface area contributed by atoms with E-state index in [-0.39, 0.29) is 17.5 Å². The summed E-state index contributed by atoms with van der Waals surface area (Å²) in [6, 6.07) is 4.81. The highest BCUT2D eigenvalue weighted by atomic mass is 35.5. The number of hydrogen-bond acceptors (Lipinski definition) is 3. The van der Waals surface area contributed by atoms with E-state index in [0.717, 1.165) is 11.9 Å². The van der Waals surface area contributed by atoms with E-state index in [1.807, 2.05) is 6.92 Å². The highest BCUT2D eigenvalue weighted by Crippen LogP contribution is 2.27. The van der Waals surface area contributed by atoms with E-state index >= 15 is 0 Å². The number of fused-ring (bicyclic) bond motifs is 1. The van der Waals surface area contributed by atoms with Gasteiger partial charge in [0.25, 0.3) is 5.56 Å². The summed E-state index contributed by atoms with van der Waals surface area (Å²) in [4.78, 5) is 26.9. The van der Waals surface area contributed by atoms with Gasteiger partial charge in [-0.1, -0.05) is 30.9 Å². The average molecular weight is 362 g/mol. The van der Waals surface area contributed by atoms with Crippen molar-refractivity contribution < 1.29 is 4.79 Å². The van der Waals surface area contributed by atoms with Crippen LogP contribution in [-0.4, -0.2) is 23.5 Å². The monoisotopic (exact) mass is 361 g/mol. The largest absolute Gasteiger partial charge is 0.329 e. The van der Waals surface area contributed by atoms with Crippen LogP contribution in [0.3, 0.4) is 0 Å². The molecule has 1 aliphatic rings. The van der Waals surface area contributed by atoms with Gasteiger partial charge in [-0.05, 0) is 55.8 Å². The lowest BCUT2D eigenvalue weighted by Crippen LogP contribution is -2.40. The molecule has 1 fully saturated rings. The number of carbonyl (C=O) groups is 1. The quantitative estimate of drug-likeness (QED) is 0.760. The summed E-state index contributed by atoms with van der Waals surface area (Å²) in [5.74, 6) is 0.543. The van der Waals surface area contributed by atoms with E-state index in [9.17, 15) is 9.59 Å². The fourth-order valence-electron chi connectivity index (χ4n) is 3.37. The second kappa shape index (κ2) is 8.02. The number of H-pyrrole nitrogens is 1. The summed E-state index contributed by atoms with van der Waals surface area (Å²) >= 11 is 6.23. The fraction of sp³-hybridized carbons (Fsp3) is 0.474. The van der Waals surface area contributed by atoms with Gasteiger partial charge < -0.3 is 15.6 Å². The molecule has 0 radical (unpaired) electrons. The van der Waals surface area contributed by atoms with E-state index in [4.69, 9.17) is 11.6 Å². The number of carbonyl (C=O) groups excluding carboxylic acids is 1. The molecule has 25 heavy (non-hydrogen) atoms. The molecule has 134 valence electrons. The molecule has 1 unspecified atom stereocenters. The Morgan fingerprint density at radius 3 is 2.84 bits per heavy atom. The molecule has 1 aliphatic carbocycles. The molecule has 0 spiro atoms. The molecule has 1 aromatic heterocycles. The molecule has 0 saturated heterocycles. The van der Waals surface area contributed by atoms with Crippen LogP contribution in [-0.2, 0) is 4.79 Å². The molecule has 1 amide bonds. The van der Waals surface area contributed by atoms with E-state index in [1.165, 1.54) is 32.1 Å². The Bertz CT molecular complexity index is 812. The maximum atomic E-state index is 12.4. The number of anilines is 1. The minimum atomic E-state index is -0.298. The maximum Gasteiger partial charge on any atom is 0.255 e. The van der Waals surface area contributed by atoms with Gasteiger partial charge in [-0.3, -0.25) is 9.59 Å². The van der Waals surface area contributed by atoms with E-state index in [2.05, 4.69) is 15.6 Å². The van der Waals surface area contributed by atoms with Crippen molar-refractivity contribution in [1.82, 2.24) is 10.3 Å². The van der Waals surface area contributed by atoms with Crippen molar-refractivity contribution in [1.29, 1.82) is 0 Å². The molecule has 6 heteroatoms. The molecular formula is C19H24ClN3O2. The highest BCUT2D eigenvalue weighted by molar-refractivity contribution is 6.34. The van der Waals surface area contributed by atoms with E-state index in [1.54, 1.807) is 24.4 Å². The number of amides is 1. The standard InChI is InChI=1S/C19H24ClN3O2/c1-12(22-11-13-5-3-2-4-6-13)18(24)23-17-9-14-7-8-21-19(25)15(14)10-16(17)20/h7-10,12-13,22H,2-6,11H2,1H3,(H,21,25)(H,23,24). The van der Waals surface area contributed by atoms with Crippen molar-refractivity contribution in [3.05, 3.63) is 39.8 Å². The van der Waals surface area contributed by atoms with Gasteiger partial charge >= 0.3 is 0 Å². The third kappa shape index (κ3) is 4.41. The van der Waals surface area contributed by atoms with Gasteiger partial charge in [0.2, 0.25) is 5.91 Å². The van der Waals surface area contributed by atoms with Crippen molar-refractivity contribution in [2.75, 3.05) is 11.9 Å². The number of pyridine rings is 1. The Morgan fingerprint density at radius 2 is 2.08 bits per heavy atom. The van der Waals surface area contributed by atoms with Gasteiger partial charge in [-0.2, -0.15) is 0 Å². The number of rotatable bonds is 5. The van der Waals surface area contributed by atoms with E-state index in [0.29, 0.717) is 22.0 Å². The zero-order chi connectivity index (χ0) is 17.8. The number of halogens is 1. The van der Waals surface area contributed by atoms with E-state index < -0.39 is 0 Å². The third-order valence-corrected chi connectivity index (χ3v) is 5.26. The fourth-order valence-corrected chi connectivity index (χ4v) is 3.58. The van der Waals surface area contributed by atoms with Crippen LogP contribution in [0.1, 0.15) is 39.0 Å². The summed E-state index contributed by atoms with van der Waals surface area (Å²) in [5, 5.41) is 7.80. The predicted molar refractivity (Wildman–Crippen MR) is 102 cm³/mol. The number of aromatic amines is 1. The van der Waals surface area contributed by atoms with Gasteiger partial charge in [-0.15, -0.1) is 0 Å². The van der Waals surface area contributed by atoms with Crippen molar-refractivity contribution in [3.8, 4) is 0 Å². The lowest BCUT2D eigenvalue weighted by atomic mass is 9.89. The molecule has 1 heterocycles. The summed E-state index contributed by atoms with van der Waals surface area (Å²) < 4.78 is 0. The zero-order valence-corrected chi connectivity index (χ0v) is 15.2. The molecule has 0 bridgehead atoms. The van der Waals surface area contributed by atoms with Crippen molar-refractivity contribution in [2.24, 2.45) is 5.92 Å². The Labute approximate surface area is 152 Å². The van der Waals surface area contributed by atoms with Crippen LogP contribution in [0.25, 0.3) is 10.8 Å². The van der Waals surface area contributed by atoms with Crippen LogP contribution in [0.5, 0.6) is 0 Å². The predicted octanol–water partition coefficient (Wildman–Crippen LogP) is 3.68. The van der Waals surface area contributed by atoms with Gasteiger partial charge in [-0.25, -0.2) is 0 Å². The van der Waals surface area contributed by atoms with Crippen LogP contribution in [0.4, 0.5) is 5.69 Å². The normalized spacial score (nSPS) is 16.7. The highest BCUT2D eigenvalue weighted by Gasteiger charge is 2.18. The number of hydrogen-bond donors (Lipinski definition) is 3. The maximum absolute atomic E-state index is 12.4. The Balaban J connectivity index is 1.64. The van der Waals surface area contributed by atoms with Gasteiger partial charge in [0.1, 0.15) is 0 Å². The lowest BCUT2D eigenvalue weighted by molar-refractivity contribution is -0.117. The molecule has 1 saturated carbocycles. The van der Waals surface area contributed by atoms with Crippen molar-refractivity contribution in [2.45, 2.75) is 45.1 Å². The topological polar surface area (TPSA) is 74.0 Å². The first-order valence-corrected chi connectivity index (χ1v) is 9.27. The van der Waals surface area contributed by atoms with Gasteiger partial charge in [0.15, 0.2) is 0 Å². The molecule has 0 aliphatic heterocycles. The number of benzene rings is 1. The summed E-state index contributed by atoms with van der Waals surface area (Å²) in [7, 11) is 0. The summed E-state index contributed by atoms with van der Waals surface area (Å²) in [6.45, 7) is 2.73. The molecule has 1 atom stereocenters.